The van der Waals surface area contributed by atoms with Crippen LogP contribution in [0.4, 0.5) is 0 Å². The van der Waals surface area contributed by atoms with Crippen molar-refractivity contribution in [2.75, 3.05) is 10.2 Å². The maximum absolute atomic E-state index is 11.7. The van der Waals surface area contributed by atoms with E-state index in [1.807, 2.05) is 0 Å². The number of hydrogen-bond acceptors (Lipinski definition) is 3. The number of alkyl halides is 1. The maximum atomic E-state index is 11.7. The molecule has 166 valence electrons. The zero-order valence-corrected chi connectivity index (χ0v) is 20.7. The van der Waals surface area contributed by atoms with Crippen molar-refractivity contribution >= 4 is 47.1 Å². The standard InChI is InChI=1S/C22H42INO3S/c23-18-16-14-12-10-8-6-4-2-1-3-5-7-9-11-13-15-17-21(25)24-20(19-28)22(26)27/h20,28H,1-19H2,(H,24,25)(H,26,27). The van der Waals surface area contributed by atoms with Crippen LogP contribution in [-0.2, 0) is 9.59 Å². The Morgan fingerprint density at radius 3 is 1.39 bits per heavy atom. The summed E-state index contributed by atoms with van der Waals surface area (Å²) in [7, 11) is 0. The van der Waals surface area contributed by atoms with Crippen LogP contribution in [0.25, 0.3) is 0 Å². The van der Waals surface area contributed by atoms with Gasteiger partial charge in [-0.15, -0.1) is 0 Å². The highest BCUT2D eigenvalue weighted by molar-refractivity contribution is 14.1. The van der Waals surface area contributed by atoms with Gasteiger partial charge >= 0.3 is 5.97 Å². The summed E-state index contributed by atoms with van der Waals surface area (Å²) in [4.78, 5) is 22.5. The molecule has 1 unspecified atom stereocenters. The van der Waals surface area contributed by atoms with Crippen LogP contribution in [-0.4, -0.2) is 33.2 Å². The number of carboxylic acid groups (broad SMARTS) is 1. The molecule has 0 heterocycles. The second-order valence-corrected chi connectivity index (χ2v) is 9.18. The third-order valence-electron chi connectivity index (χ3n) is 5.10. The second kappa shape index (κ2) is 21.7. The van der Waals surface area contributed by atoms with Crippen molar-refractivity contribution in [1.29, 1.82) is 0 Å². The molecule has 2 N–H and O–H groups in total. The van der Waals surface area contributed by atoms with Gasteiger partial charge in [-0.25, -0.2) is 4.79 Å². The molecule has 0 spiro atoms. The quantitative estimate of drug-likeness (QED) is 0.0686. The number of amides is 1. The van der Waals surface area contributed by atoms with Crippen LogP contribution in [0.1, 0.15) is 109 Å². The predicted molar refractivity (Wildman–Crippen MR) is 131 cm³/mol. The smallest absolute Gasteiger partial charge is 0.327 e. The van der Waals surface area contributed by atoms with E-state index in [0.29, 0.717) is 6.42 Å². The number of rotatable bonds is 21. The van der Waals surface area contributed by atoms with Crippen LogP contribution in [0, 0.1) is 0 Å². The number of hydrogen-bond donors (Lipinski definition) is 3. The highest BCUT2D eigenvalue weighted by Gasteiger charge is 2.17. The Kier molecular flexibility index (Phi) is 21.7. The third kappa shape index (κ3) is 19.3. The Balaban J connectivity index is 3.23. The highest BCUT2D eigenvalue weighted by Crippen LogP contribution is 2.14. The third-order valence-corrected chi connectivity index (χ3v) is 6.23. The van der Waals surface area contributed by atoms with Crippen molar-refractivity contribution in [2.45, 2.75) is 115 Å². The van der Waals surface area contributed by atoms with Crippen LogP contribution < -0.4 is 5.32 Å². The molecular weight excluding hydrogens is 485 g/mol. The van der Waals surface area contributed by atoms with Gasteiger partial charge in [0.2, 0.25) is 5.91 Å². The van der Waals surface area contributed by atoms with Gasteiger partial charge in [-0.2, -0.15) is 12.6 Å². The number of aliphatic carboxylic acids is 1. The molecule has 0 radical (unpaired) electrons. The van der Waals surface area contributed by atoms with E-state index in [1.165, 1.54) is 94.3 Å². The monoisotopic (exact) mass is 527 g/mol. The first-order chi connectivity index (χ1) is 13.6. The molecule has 1 amide bonds. The fraction of sp³-hybridized carbons (Fsp3) is 0.909. The molecule has 0 aliphatic heterocycles. The van der Waals surface area contributed by atoms with Gasteiger partial charge in [0.1, 0.15) is 6.04 Å². The molecular formula is C22H42INO3S. The first-order valence-electron chi connectivity index (χ1n) is 11.3. The number of carbonyl (C=O) groups excluding carboxylic acids is 1. The number of carbonyl (C=O) groups is 2. The zero-order valence-electron chi connectivity index (χ0n) is 17.6. The molecule has 0 aromatic heterocycles. The number of carboxylic acids is 1. The summed E-state index contributed by atoms with van der Waals surface area (Å²) in [6.07, 6.45) is 21.4. The minimum Gasteiger partial charge on any atom is -0.480 e. The van der Waals surface area contributed by atoms with Gasteiger partial charge in [-0.1, -0.05) is 112 Å². The molecule has 0 aliphatic rings. The number of nitrogens with one attached hydrogen (secondary N) is 1. The van der Waals surface area contributed by atoms with Gasteiger partial charge in [0.25, 0.3) is 0 Å². The molecule has 1 atom stereocenters. The molecule has 0 saturated carbocycles. The molecule has 0 fully saturated rings. The van der Waals surface area contributed by atoms with Gasteiger partial charge in [0, 0.05) is 12.2 Å². The van der Waals surface area contributed by atoms with Crippen molar-refractivity contribution in [1.82, 2.24) is 5.32 Å². The lowest BCUT2D eigenvalue weighted by atomic mass is 10.0. The average Bonchev–Trinajstić information content (AvgIpc) is 2.68. The van der Waals surface area contributed by atoms with Crippen molar-refractivity contribution < 1.29 is 14.7 Å². The van der Waals surface area contributed by atoms with Gasteiger partial charge in [-0.3, -0.25) is 4.79 Å². The van der Waals surface area contributed by atoms with Crippen LogP contribution in [0.2, 0.25) is 0 Å². The molecule has 0 aromatic carbocycles. The molecule has 0 bridgehead atoms. The van der Waals surface area contributed by atoms with Crippen LogP contribution in [0.5, 0.6) is 0 Å². The predicted octanol–water partition coefficient (Wildman–Crippen LogP) is 6.55. The van der Waals surface area contributed by atoms with Gasteiger partial charge in [0.05, 0.1) is 0 Å². The molecule has 0 saturated heterocycles. The number of thiol groups is 1. The Morgan fingerprint density at radius 2 is 1.07 bits per heavy atom. The first-order valence-corrected chi connectivity index (χ1v) is 13.5. The number of unbranched alkanes of at least 4 members (excludes halogenated alkanes) is 15. The molecule has 6 heteroatoms. The Morgan fingerprint density at radius 1 is 0.714 bits per heavy atom. The van der Waals surface area contributed by atoms with E-state index in [1.54, 1.807) is 0 Å². The van der Waals surface area contributed by atoms with E-state index >= 15 is 0 Å². The van der Waals surface area contributed by atoms with E-state index in [-0.39, 0.29) is 11.7 Å². The SMILES string of the molecule is O=C(CCCCCCCCCCCCCCCCCCI)NC(CS)C(=O)O. The summed E-state index contributed by atoms with van der Waals surface area (Å²) in [5.41, 5.74) is 0. The maximum Gasteiger partial charge on any atom is 0.327 e. The molecule has 0 aromatic rings. The van der Waals surface area contributed by atoms with Gasteiger partial charge in [-0.05, 0) is 17.3 Å². The normalized spacial score (nSPS) is 12.1. The van der Waals surface area contributed by atoms with Crippen LogP contribution in [0.15, 0.2) is 0 Å². The first kappa shape index (κ1) is 28.0. The molecule has 28 heavy (non-hydrogen) atoms. The van der Waals surface area contributed by atoms with E-state index in [9.17, 15) is 9.59 Å². The lowest BCUT2D eigenvalue weighted by Gasteiger charge is -2.11. The van der Waals surface area contributed by atoms with E-state index in [2.05, 4.69) is 40.5 Å². The average molecular weight is 528 g/mol. The minimum atomic E-state index is -1.02. The summed E-state index contributed by atoms with van der Waals surface area (Å²) in [6.45, 7) is 0. The highest BCUT2D eigenvalue weighted by atomic mass is 127. The van der Waals surface area contributed by atoms with E-state index < -0.39 is 12.0 Å². The van der Waals surface area contributed by atoms with Crippen molar-refractivity contribution in [3.05, 3.63) is 0 Å². The summed E-state index contributed by atoms with van der Waals surface area (Å²) < 4.78 is 1.31. The lowest BCUT2D eigenvalue weighted by molar-refractivity contribution is -0.141. The largest absolute Gasteiger partial charge is 0.480 e. The summed E-state index contributed by atoms with van der Waals surface area (Å²) >= 11 is 6.40. The van der Waals surface area contributed by atoms with Gasteiger partial charge in [0.15, 0.2) is 0 Å². The minimum absolute atomic E-state index is 0.125. The Hall–Kier alpha value is 0.0200. The second-order valence-electron chi connectivity index (χ2n) is 7.74. The zero-order chi connectivity index (χ0) is 20.9. The van der Waals surface area contributed by atoms with Crippen LogP contribution in [0.3, 0.4) is 0 Å². The van der Waals surface area contributed by atoms with Gasteiger partial charge < -0.3 is 10.4 Å². The summed E-state index contributed by atoms with van der Waals surface area (Å²) in [5, 5.41) is 11.4. The lowest BCUT2D eigenvalue weighted by Crippen LogP contribution is -2.42. The number of halogens is 1. The molecule has 4 nitrogen and oxygen atoms in total. The molecule has 0 aliphatic carbocycles. The van der Waals surface area contributed by atoms with Crippen molar-refractivity contribution in [2.24, 2.45) is 0 Å². The summed E-state index contributed by atoms with van der Waals surface area (Å²) in [6, 6.07) is -0.874. The molecule has 0 rings (SSSR count). The fourth-order valence-electron chi connectivity index (χ4n) is 3.31. The van der Waals surface area contributed by atoms with Crippen molar-refractivity contribution in [3.8, 4) is 0 Å². The Labute approximate surface area is 191 Å². The van der Waals surface area contributed by atoms with E-state index in [4.69, 9.17) is 5.11 Å². The fourth-order valence-corrected chi connectivity index (χ4v) is 4.09. The van der Waals surface area contributed by atoms with Crippen LogP contribution >= 0.6 is 35.2 Å². The van der Waals surface area contributed by atoms with Crippen molar-refractivity contribution in [3.63, 3.8) is 0 Å². The summed E-state index contributed by atoms with van der Waals surface area (Å²) in [5.74, 6) is -1.08. The topological polar surface area (TPSA) is 66.4 Å². The Bertz CT molecular complexity index is 383. The van der Waals surface area contributed by atoms with E-state index in [0.717, 1.165) is 12.8 Å².